The van der Waals surface area contributed by atoms with Crippen molar-refractivity contribution in [1.29, 1.82) is 0 Å². The summed E-state index contributed by atoms with van der Waals surface area (Å²) in [7, 11) is 0. The van der Waals surface area contributed by atoms with Gasteiger partial charge in [-0.3, -0.25) is 0 Å². The Kier molecular flexibility index (Phi) is 4.03. The lowest BCUT2D eigenvalue weighted by molar-refractivity contribution is 0.688. The van der Waals surface area contributed by atoms with Gasteiger partial charge in [0.25, 0.3) is 0 Å². The fourth-order valence-corrected chi connectivity index (χ4v) is 3.65. The maximum atomic E-state index is 4.30. The number of nitrogens with zero attached hydrogens (tertiary/aromatic N) is 1. The van der Waals surface area contributed by atoms with Crippen molar-refractivity contribution in [3.05, 3.63) is 64.4 Å². The summed E-state index contributed by atoms with van der Waals surface area (Å²) in [6, 6.07) is 8.88. The molecule has 2 aromatic rings. The second kappa shape index (κ2) is 5.97. The van der Waals surface area contributed by atoms with Gasteiger partial charge in [0.05, 0.1) is 5.82 Å². The van der Waals surface area contributed by atoms with Gasteiger partial charge in [-0.15, -0.1) is 11.3 Å². The Balaban J connectivity index is 1.67. The van der Waals surface area contributed by atoms with E-state index in [0.717, 1.165) is 17.4 Å². The normalized spacial score (nSPS) is 14.7. The Morgan fingerprint density at radius 2 is 2.09 bits per heavy atom. The van der Waals surface area contributed by atoms with Crippen LogP contribution in [0.15, 0.2) is 48.4 Å². The van der Waals surface area contributed by atoms with Crippen LogP contribution in [0.5, 0.6) is 0 Å². The first-order valence-electron chi connectivity index (χ1n) is 7.47. The van der Waals surface area contributed by atoms with Crippen LogP contribution in [0.1, 0.15) is 29.9 Å². The quantitative estimate of drug-likeness (QED) is 0.862. The van der Waals surface area contributed by atoms with Gasteiger partial charge in [-0.25, -0.2) is 4.98 Å². The Bertz CT molecular complexity index is 742. The molecule has 0 fully saturated rings. The largest absolute Gasteiger partial charge is 0.366 e. The summed E-state index contributed by atoms with van der Waals surface area (Å²) in [5.74, 6) is 0.790. The number of fused-ring (bicyclic) bond motifs is 1. The summed E-state index contributed by atoms with van der Waals surface area (Å²) in [4.78, 5) is 5.49. The van der Waals surface area contributed by atoms with Gasteiger partial charge in [-0.1, -0.05) is 30.8 Å². The number of thiazole rings is 1. The van der Waals surface area contributed by atoms with Crippen LogP contribution in [0.3, 0.4) is 0 Å². The molecule has 0 saturated carbocycles. The van der Waals surface area contributed by atoms with Crippen molar-refractivity contribution in [2.24, 2.45) is 0 Å². The zero-order chi connectivity index (χ0) is 15.7. The zero-order valence-electron chi connectivity index (χ0n) is 13.2. The predicted molar refractivity (Wildman–Crippen MR) is 95.0 cm³/mol. The molecule has 0 amide bonds. The Labute approximate surface area is 135 Å². The minimum atomic E-state index is 0.244. The average Bonchev–Trinajstić information content (AvgIpc) is 3.03. The molecular weight excluding hydrogens is 290 g/mol. The maximum Gasteiger partial charge on any atom is 0.188 e. The second-order valence-electron chi connectivity index (χ2n) is 5.73. The first-order valence-corrected chi connectivity index (χ1v) is 8.29. The number of anilines is 1. The van der Waals surface area contributed by atoms with Gasteiger partial charge in [0.1, 0.15) is 0 Å². The van der Waals surface area contributed by atoms with E-state index < -0.39 is 0 Å². The highest BCUT2D eigenvalue weighted by Gasteiger charge is 2.22. The lowest BCUT2D eigenvalue weighted by atomic mass is 10.0. The van der Waals surface area contributed by atoms with Crippen molar-refractivity contribution < 1.29 is 0 Å². The third kappa shape index (κ3) is 2.92. The van der Waals surface area contributed by atoms with Crippen molar-refractivity contribution in [2.45, 2.75) is 33.2 Å². The van der Waals surface area contributed by atoms with E-state index in [1.165, 1.54) is 27.2 Å². The number of aryl methyl sites for hydroxylation is 1. The van der Waals surface area contributed by atoms with Gasteiger partial charge in [0, 0.05) is 17.1 Å². The molecule has 1 aromatic carbocycles. The van der Waals surface area contributed by atoms with Crippen molar-refractivity contribution in [2.75, 3.05) is 5.32 Å². The maximum absolute atomic E-state index is 4.30. The summed E-state index contributed by atoms with van der Waals surface area (Å²) in [6.45, 7) is 10.5. The molecule has 22 heavy (non-hydrogen) atoms. The first kappa shape index (κ1) is 14.9. The van der Waals surface area contributed by atoms with Gasteiger partial charge in [-0.2, -0.15) is 0 Å². The summed E-state index contributed by atoms with van der Waals surface area (Å²) in [6.07, 6.45) is 2.88. The smallest absolute Gasteiger partial charge is 0.188 e. The van der Waals surface area contributed by atoms with E-state index in [2.05, 4.69) is 60.3 Å². The highest BCUT2D eigenvalue weighted by molar-refractivity contribution is 7.15. The lowest BCUT2D eigenvalue weighted by Gasteiger charge is -2.19. The first-order chi connectivity index (χ1) is 10.5. The molecule has 0 spiro atoms. The van der Waals surface area contributed by atoms with Crippen molar-refractivity contribution in [3.8, 4) is 0 Å². The predicted octanol–water partition coefficient (Wildman–Crippen LogP) is 4.34. The molecule has 0 aliphatic heterocycles. The molecule has 114 valence electrons. The highest BCUT2D eigenvalue weighted by atomic mass is 32.1. The van der Waals surface area contributed by atoms with Crippen LogP contribution in [0.25, 0.3) is 5.57 Å². The van der Waals surface area contributed by atoms with Crippen LogP contribution in [0, 0.1) is 6.92 Å². The second-order valence-corrected chi connectivity index (χ2v) is 6.96. The number of allylic oxidation sites excluding steroid dienone is 1. The summed E-state index contributed by atoms with van der Waals surface area (Å²) < 4.78 is 0. The molecule has 0 bridgehead atoms. The summed E-state index contributed by atoms with van der Waals surface area (Å²) in [5, 5.41) is 7.56. The molecule has 3 rings (SSSR count). The van der Waals surface area contributed by atoms with Crippen LogP contribution < -0.4 is 10.6 Å². The summed E-state index contributed by atoms with van der Waals surface area (Å²) >= 11 is 1.63. The number of aromatic nitrogens is 1. The van der Waals surface area contributed by atoms with Crippen molar-refractivity contribution >= 4 is 22.0 Å². The van der Waals surface area contributed by atoms with E-state index in [0.29, 0.717) is 0 Å². The molecule has 0 radical (unpaired) electrons. The van der Waals surface area contributed by atoms with E-state index in [-0.39, 0.29) is 6.04 Å². The van der Waals surface area contributed by atoms with Crippen LogP contribution in [-0.4, -0.2) is 11.0 Å². The van der Waals surface area contributed by atoms with Gasteiger partial charge in [0.15, 0.2) is 5.13 Å². The number of hydrogen-bond donors (Lipinski definition) is 2. The summed E-state index contributed by atoms with van der Waals surface area (Å²) in [5.41, 5.74) is 5.60. The number of benzene rings is 1. The topological polar surface area (TPSA) is 37.0 Å². The molecule has 4 heteroatoms. The molecule has 3 nitrogen and oxygen atoms in total. The monoisotopic (exact) mass is 311 g/mol. The number of hydrogen-bond acceptors (Lipinski definition) is 4. The molecular formula is C18H21N3S. The standard InChI is InChI=1S/C18H21N3S/c1-11-10-19-18(22-11)21-14(4)20-13(3)17-9-15-7-5-6-8-16(15)12(17)2/h5-8,10,13,20H,4,9H2,1-3H3,(H,19,21). The molecule has 1 aliphatic carbocycles. The van der Waals surface area contributed by atoms with E-state index in [4.69, 9.17) is 0 Å². The third-order valence-corrected chi connectivity index (χ3v) is 4.90. The van der Waals surface area contributed by atoms with Gasteiger partial charge < -0.3 is 10.6 Å². The van der Waals surface area contributed by atoms with Gasteiger partial charge in [-0.05, 0) is 49.5 Å². The fraction of sp³-hybridized carbons (Fsp3) is 0.278. The molecule has 1 aliphatic rings. The highest BCUT2D eigenvalue weighted by Crippen LogP contribution is 2.34. The van der Waals surface area contributed by atoms with Crippen LogP contribution in [0.4, 0.5) is 5.13 Å². The molecule has 1 aromatic heterocycles. The minimum Gasteiger partial charge on any atom is -0.366 e. The zero-order valence-corrected chi connectivity index (χ0v) is 14.1. The van der Waals surface area contributed by atoms with E-state index in [1.54, 1.807) is 11.3 Å². The molecule has 2 N–H and O–H groups in total. The van der Waals surface area contributed by atoms with Gasteiger partial charge in [0.2, 0.25) is 0 Å². The van der Waals surface area contributed by atoms with Crippen molar-refractivity contribution in [1.82, 2.24) is 10.3 Å². The Morgan fingerprint density at radius 3 is 2.77 bits per heavy atom. The van der Waals surface area contributed by atoms with Crippen LogP contribution in [0.2, 0.25) is 0 Å². The third-order valence-electron chi connectivity index (χ3n) is 4.08. The van der Waals surface area contributed by atoms with Crippen LogP contribution in [-0.2, 0) is 6.42 Å². The molecule has 1 unspecified atom stereocenters. The molecule has 0 saturated heterocycles. The minimum absolute atomic E-state index is 0.244. The van der Waals surface area contributed by atoms with Gasteiger partial charge >= 0.3 is 0 Å². The number of rotatable bonds is 5. The average molecular weight is 311 g/mol. The Hall–Kier alpha value is -2.07. The lowest BCUT2D eigenvalue weighted by Crippen LogP contribution is -2.30. The van der Waals surface area contributed by atoms with E-state index >= 15 is 0 Å². The SMILES string of the molecule is C=C(Nc1ncc(C)s1)NC(C)C1=C(C)c2ccccc2C1. The van der Waals surface area contributed by atoms with E-state index in [9.17, 15) is 0 Å². The Morgan fingerprint density at radius 1 is 1.32 bits per heavy atom. The number of nitrogens with one attached hydrogen (secondary N) is 2. The van der Waals surface area contributed by atoms with Crippen LogP contribution >= 0.6 is 11.3 Å². The molecule has 1 atom stereocenters. The molecule has 1 heterocycles. The fourth-order valence-electron chi connectivity index (χ4n) is 2.96. The van der Waals surface area contributed by atoms with E-state index in [1.807, 2.05) is 13.1 Å². The van der Waals surface area contributed by atoms with Crippen molar-refractivity contribution in [3.63, 3.8) is 0 Å².